The summed E-state index contributed by atoms with van der Waals surface area (Å²) in [6.45, 7) is 16.2. The van der Waals surface area contributed by atoms with Crippen LogP contribution in [0.15, 0.2) is 122 Å². The molecule has 250 valence electrons. The Morgan fingerprint density at radius 3 is 2.12 bits per heavy atom. The maximum Gasteiger partial charge on any atom is 0.138 e. The molecule has 0 unspecified atom stereocenters. The van der Waals surface area contributed by atoms with Crippen LogP contribution in [0.4, 0.5) is 22.9 Å². The quantitative estimate of drug-likeness (QED) is 0.184. The Kier molecular flexibility index (Phi) is 7.44. The second-order valence-corrected chi connectivity index (χ2v) is 15.4. The van der Waals surface area contributed by atoms with E-state index in [-0.39, 0.29) is 10.8 Å². The lowest BCUT2D eigenvalue weighted by atomic mass is 9.86. The first kappa shape index (κ1) is 31.6. The van der Waals surface area contributed by atoms with Crippen molar-refractivity contribution in [1.82, 2.24) is 14.5 Å². The summed E-state index contributed by atoms with van der Waals surface area (Å²) in [5, 5.41) is 2.35. The van der Waals surface area contributed by atoms with Crippen LogP contribution in [0.3, 0.4) is 0 Å². The molecule has 0 radical (unpaired) electrons. The molecule has 4 heterocycles. The molecule has 0 saturated heterocycles. The highest BCUT2D eigenvalue weighted by Gasteiger charge is 2.32. The molecule has 0 N–H and O–H groups in total. The van der Waals surface area contributed by atoms with Gasteiger partial charge in [-0.05, 0) is 83.5 Å². The first-order valence-corrected chi connectivity index (χ1v) is 17.3. The van der Waals surface area contributed by atoms with Gasteiger partial charge in [0.05, 0.1) is 22.4 Å². The summed E-state index contributed by atoms with van der Waals surface area (Å²) in [6, 6.07) is 38.4. The topological polar surface area (TPSA) is 46.4 Å². The number of pyridine rings is 2. The Morgan fingerprint density at radius 1 is 0.620 bits per heavy atom. The molecule has 0 amide bonds. The molecule has 1 aliphatic heterocycles. The summed E-state index contributed by atoms with van der Waals surface area (Å²) in [5.74, 6) is 3.44. The molecule has 0 spiro atoms. The minimum Gasteiger partial charge on any atom is -0.457 e. The van der Waals surface area contributed by atoms with Crippen LogP contribution in [-0.2, 0) is 10.8 Å². The molecule has 0 bridgehead atoms. The van der Waals surface area contributed by atoms with Gasteiger partial charge >= 0.3 is 0 Å². The Bertz CT molecular complexity index is 2390. The largest absolute Gasteiger partial charge is 0.457 e. The first-order chi connectivity index (χ1) is 24.0. The third-order valence-corrected chi connectivity index (χ3v) is 9.66. The number of aryl methyl sites for hydroxylation is 1. The molecule has 0 fully saturated rings. The zero-order valence-electron chi connectivity index (χ0n) is 29.9. The number of hydrogen-bond acceptors (Lipinski definition) is 5. The maximum atomic E-state index is 6.64. The SMILES string of the molecule is Cc1cnc(N2CN(c3cccc(Oc4ccc5c6ccccc6n(-c6cc(C(C)(C)C)ccn6)c5c4)c3)c3ccccc32)c(C(C)(C)C)c1. The summed E-state index contributed by atoms with van der Waals surface area (Å²) in [7, 11) is 0. The van der Waals surface area contributed by atoms with E-state index in [9.17, 15) is 0 Å². The van der Waals surface area contributed by atoms with Crippen molar-refractivity contribution in [1.29, 1.82) is 0 Å². The fourth-order valence-corrected chi connectivity index (χ4v) is 7.06. The lowest BCUT2D eigenvalue weighted by Gasteiger charge is -2.28. The first-order valence-electron chi connectivity index (χ1n) is 17.3. The molecule has 7 aromatic rings. The Labute approximate surface area is 294 Å². The van der Waals surface area contributed by atoms with Crippen LogP contribution in [0.5, 0.6) is 11.5 Å². The number of rotatable bonds is 5. The summed E-state index contributed by atoms with van der Waals surface area (Å²) in [5.41, 5.74) is 9.12. The van der Waals surface area contributed by atoms with Crippen molar-refractivity contribution in [2.24, 2.45) is 0 Å². The van der Waals surface area contributed by atoms with Crippen molar-refractivity contribution in [3.8, 4) is 17.3 Å². The van der Waals surface area contributed by atoms with Gasteiger partial charge in [0.25, 0.3) is 0 Å². The minimum atomic E-state index is -0.0528. The number of anilines is 4. The summed E-state index contributed by atoms with van der Waals surface area (Å²) >= 11 is 0. The Balaban J connectivity index is 1.16. The monoisotopic (exact) mass is 657 g/mol. The normalized spacial score (nSPS) is 13.3. The van der Waals surface area contributed by atoms with Crippen molar-refractivity contribution in [2.45, 2.75) is 59.3 Å². The highest BCUT2D eigenvalue weighted by Crippen LogP contribution is 2.46. The van der Waals surface area contributed by atoms with Gasteiger partial charge in [0, 0.05) is 46.5 Å². The number of benzene rings is 4. The fourth-order valence-electron chi connectivity index (χ4n) is 7.06. The standard InChI is InChI=1S/C44H43N5O/c1-29-23-36(44(5,6)7)42(46-27-29)48-28-47(38-17-10-11-18-39(38)48)31-13-12-14-32(25-31)50-33-19-20-35-34-15-8-9-16-37(34)49(40(35)26-33)41-24-30(21-22-45-41)43(2,3)4/h8-27H,28H2,1-7H3. The van der Waals surface area contributed by atoms with E-state index in [1.165, 1.54) is 22.1 Å². The molecule has 50 heavy (non-hydrogen) atoms. The second-order valence-electron chi connectivity index (χ2n) is 15.4. The van der Waals surface area contributed by atoms with Crippen molar-refractivity contribution in [2.75, 3.05) is 16.5 Å². The Morgan fingerprint density at radius 2 is 1.34 bits per heavy atom. The molecule has 3 aromatic heterocycles. The lowest BCUT2D eigenvalue weighted by Crippen LogP contribution is -2.27. The average molecular weight is 658 g/mol. The third kappa shape index (κ3) is 5.55. The van der Waals surface area contributed by atoms with Gasteiger partial charge in [0.15, 0.2) is 0 Å². The number of aromatic nitrogens is 3. The number of ether oxygens (including phenoxy) is 1. The van der Waals surface area contributed by atoms with E-state index in [0.29, 0.717) is 6.67 Å². The van der Waals surface area contributed by atoms with Gasteiger partial charge < -0.3 is 14.5 Å². The van der Waals surface area contributed by atoms with Gasteiger partial charge in [0.2, 0.25) is 0 Å². The van der Waals surface area contributed by atoms with Crippen molar-refractivity contribution in [3.63, 3.8) is 0 Å². The summed E-state index contributed by atoms with van der Waals surface area (Å²) in [4.78, 5) is 14.5. The molecule has 0 atom stereocenters. The van der Waals surface area contributed by atoms with Crippen LogP contribution in [-0.4, -0.2) is 21.2 Å². The van der Waals surface area contributed by atoms with Gasteiger partial charge in [-0.1, -0.05) is 84.0 Å². The van der Waals surface area contributed by atoms with Crippen LogP contribution in [0.2, 0.25) is 0 Å². The van der Waals surface area contributed by atoms with Gasteiger partial charge in [-0.3, -0.25) is 4.57 Å². The van der Waals surface area contributed by atoms with E-state index < -0.39 is 0 Å². The van der Waals surface area contributed by atoms with Gasteiger partial charge in [0.1, 0.15) is 29.8 Å². The number of para-hydroxylation sites is 3. The molecule has 6 nitrogen and oxygen atoms in total. The highest BCUT2D eigenvalue weighted by molar-refractivity contribution is 6.09. The molecule has 8 rings (SSSR count). The Hall–Kier alpha value is -5.62. The van der Waals surface area contributed by atoms with E-state index in [4.69, 9.17) is 14.7 Å². The molecule has 4 aromatic carbocycles. The maximum absolute atomic E-state index is 6.64. The smallest absolute Gasteiger partial charge is 0.138 e. The second kappa shape index (κ2) is 11.8. The number of nitrogens with zero attached hydrogens (tertiary/aromatic N) is 5. The van der Waals surface area contributed by atoms with Crippen molar-refractivity contribution >= 4 is 44.7 Å². The van der Waals surface area contributed by atoms with Gasteiger partial charge in [-0.2, -0.15) is 0 Å². The third-order valence-electron chi connectivity index (χ3n) is 9.66. The van der Waals surface area contributed by atoms with Crippen LogP contribution in [0.25, 0.3) is 27.6 Å². The zero-order chi connectivity index (χ0) is 34.8. The van der Waals surface area contributed by atoms with E-state index in [2.05, 4.69) is 166 Å². The summed E-state index contributed by atoms with van der Waals surface area (Å²) in [6.07, 6.45) is 3.89. The molecular weight excluding hydrogens is 615 g/mol. The lowest BCUT2D eigenvalue weighted by molar-refractivity contribution is 0.483. The van der Waals surface area contributed by atoms with Gasteiger partial charge in [-0.15, -0.1) is 0 Å². The van der Waals surface area contributed by atoms with Crippen LogP contribution in [0, 0.1) is 6.92 Å². The zero-order valence-corrected chi connectivity index (χ0v) is 29.9. The van der Waals surface area contributed by atoms with E-state index in [1.54, 1.807) is 0 Å². The van der Waals surface area contributed by atoms with E-state index >= 15 is 0 Å². The van der Waals surface area contributed by atoms with Crippen LogP contribution < -0.4 is 14.5 Å². The molecular formula is C44H43N5O. The highest BCUT2D eigenvalue weighted by atomic mass is 16.5. The minimum absolute atomic E-state index is 0.00809. The van der Waals surface area contributed by atoms with Gasteiger partial charge in [-0.25, -0.2) is 9.97 Å². The molecule has 0 saturated carbocycles. The summed E-state index contributed by atoms with van der Waals surface area (Å²) < 4.78 is 8.90. The average Bonchev–Trinajstić information content (AvgIpc) is 3.64. The number of fused-ring (bicyclic) bond motifs is 4. The van der Waals surface area contributed by atoms with E-state index in [0.717, 1.165) is 56.6 Å². The molecule has 1 aliphatic rings. The predicted octanol–water partition coefficient (Wildman–Crippen LogP) is 11.5. The fraction of sp³-hybridized carbons (Fsp3) is 0.227. The molecule has 0 aliphatic carbocycles. The predicted molar refractivity (Wildman–Crippen MR) is 207 cm³/mol. The van der Waals surface area contributed by atoms with Crippen molar-refractivity contribution in [3.05, 3.63) is 138 Å². The molecule has 6 heteroatoms. The van der Waals surface area contributed by atoms with Crippen LogP contribution in [0.1, 0.15) is 58.2 Å². The number of hydrogen-bond donors (Lipinski definition) is 0. The van der Waals surface area contributed by atoms with Crippen LogP contribution >= 0.6 is 0 Å². The van der Waals surface area contributed by atoms with Crippen molar-refractivity contribution < 1.29 is 4.74 Å². The van der Waals surface area contributed by atoms with E-state index in [1.807, 2.05) is 18.5 Å².